The SMILES string of the molecule is C/C=C/CC(C)C(O)C1C(=O)NC(CC)C(=O)N(C)CC(=O)N(C)C(CC(C)C)C(=O)NC(C(C)C)C(=O)N(C)C(CC(C)C)C(=O)NC(C)C(=O)NC(C(C)O)C(=O)N(C)C(CC(C)C)C(=O)N(C)C(CC(C)C)C(=O)N(C)C(C(C)C)C(=O)N1C. The normalized spacial score (nSPS) is 26.9. The maximum absolute atomic E-state index is 15.2. The number of aliphatic hydroxyl groups excluding tert-OH is 2. The number of likely N-dealkylation sites (N-methyl/N-ethyl adjacent to an activating group) is 7. The zero-order chi connectivity index (χ0) is 67.6. The van der Waals surface area contributed by atoms with Gasteiger partial charge in [0, 0.05) is 49.3 Å². The molecule has 87 heavy (non-hydrogen) atoms. The Bertz CT molecular complexity index is 2380. The van der Waals surface area contributed by atoms with Gasteiger partial charge in [0.1, 0.15) is 60.4 Å². The molecule has 24 nitrogen and oxygen atoms in total. The van der Waals surface area contributed by atoms with Crippen LogP contribution in [0.1, 0.15) is 156 Å². The first-order chi connectivity index (χ1) is 40.1. The van der Waals surface area contributed by atoms with E-state index in [-0.39, 0.29) is 55.8 Å². The monoisotopic (exact) mass is 1230 g/mol. The van der Waals surface area contributed by atoms with E-state index in [0.29, 0.717) is 6.42 Å². The van der Waals surface area contributed by atoms with Crippen LogP contribution in [0.3, 0.4) is 0 Å². The summed E-state index contributed by atoms with van der Waals surface area (Å²) in [6.07, 6.45) is 1.27. The van der Waals surface area contributed by atoms with Gasteiger partial charge >= 0.3 is 0 Å². The van der Waals surface area contributed by atoms with E-state index in [1.807, 2.05) is 55.4 Å². The summed E-state index contributed by atoms with van der Waals surface area (Å²) < 4.78 is 0. The predicted octanol–water partition coefficient (Wildman–Crippen LogP) is 2.63. The smallest absolute Gasteiger partial charge is 0.248 e. The van der Waals surface area contributed by atoms with Crippen molar-refractivity contribution in [3.63, 3.8) is 0 Å². The number of rotatable bonds is 16. The van der Waals surface area contributed by atoms with Crippen LogP contribution in [0.5, 0.6) is 0 Å². The molecule has 0 saturated carbocycles. The predicted molar refractivity (Wildman–Crippen MR) is 334 cm³/mol. The molecule has 6 N–H and O–H groups in total. The number of allylic oxidation sites excluding steroid dienone is 2. The Labute approximate surface area is 520 Å². The van der Waals surface area contributed by atoms with Gasteiger partial charge in [-0.1, -0.05) is 109 Å². The van der Waals surface area contributed by atoms with E-state index in [2.05, 4.69) is 21.3 Å². The summed E-state index contributed by atoms with van der Waals surface area (Å²) in [4.78, 5) is 169. The number of carbonyl (C=O) groups is 11. The van der Waals surface area contributed by atoms with Crippen LogP contribution >= 0.6 is 0 Å². The zero-order valence-electron chi connectivity index (χ0n) is 57.1. The molecular weight excluding hydrogens is 1120 g/mol. The van der Waals surface area contributed by atoms with Gasteiger partial charge in [-0.25, -0.2) is 0 Å². The number of hydrogen-bond donors (Lipinski definition) is 6. The van der Waals surface area contributed by atoms with Crippen LogP contribution in [0.15, 0.2) is 12.2 Å². The number of nitrogens with one attached hydrogen (secondary N) is 4. The van der Waals surface area contributed by atoms with Crippen molar-refractivity contribution in [2.45, 2.75) is 229 Å². The molecule has 11 amide bonds. The first-order valence-corrected chi connectivity index (χ1v) is 31.2. The van der Waals surface area contributed by atoms with E-state index in [0.717, 1.165) is 14.7 Å². The summed E-state index contributed by atoms with van der Waals surface area (Å²) in [5.41, 5.74) is 0. The number of amides is 11. The third-order valence-electron chi connectivity index (χ3n) is 16.4. The van der Waals surface area contributed by atoms with Gasteiger partial charge in [-0.3, -0.25) is 52.7 Å². The first-order valence-electron chi connectivity index (χ1n) is 31.2. The standard InChI is InChI=1S/C63H113N11O13/c1-25-27-28-40(15)53(77)52-57(81)65-43(26-2)58(82)68(18)33-48(76)69(19)44(29-34(3)4)56(80)66-49(38(11)12)61(85)70(20)45(30-35(5)6)55(79)64-41(16)54(78)67-50(42(17)75)62(86)72(22)46(31-36(7)8)59(83)71(21)47(32-37(9)10)60(84)73(23)51(39(13)14)63(87)74(52)24/h25,27,34-47,49-53,75,77H,26,28-33H2,1-24H3,(H,64,79)(H,65,81)(H,66,80)(H,67,78)/b27-25+. The van der Waals surface area contributed by atoms with E-state index in [4.69, 9.17) is 0 Å². The van der Waals surface area contributed by atoms with Gasteiger partial charge < -0.3 is 65.8 Å². The maximum Gasteiger partial charge on any atom is 0.248 e. The minimum Gasteiger partial charge on any atom is -0.391 e. The maximum atomic E-state index is 15.2. The van der Waals surface area contributed by atoms with Gasteiger partial charge in [-0.15, -0.1) is 0 Å². The van der Waals surface area contributed by atoms with Gasteiger partial charge in [-0.2, -0.15) is 0 Å². The van der Waals surface area contributed by atoms with E-state index >= 15 is 14.4 Å². The van der Waals surface area contributed by atoms with Crippen LogP contribution in [-0.4, -0.2) is 238 Å². The molecule has 1 saturated heterocycles. The second-order valence-corrected chi connectivity index (χ2v) is 26.6. The molecule has 13 atom stereocenters. The Balaban J connectivity index is 4.40. The summed E-state index contributed by atoms with van der Waals surface area (Å²) in [7, 11) is 9.71. The van der Waals surface area contributed by atoms with Crippen molar-refractivity contribution in [1.29, 1.82) is 0 Å². The summed E-state index contributed by atoms with van der Waals surface area (Å²) in [5.74, 6) is -10.6. The fourth-order valence-corrected chi connectivity index (χ4v) is 10.9. The molecule has 498 valence electrons. The Kier molecular flexibility index (Phi) is 32.4. The van der Waals surface area contributed by atoms with E-state index in [9.17, 15) is 48.6 Å². The van der Waals surface area contributed by atoms with Crippen LogP contribution < -0.4 is 21.3 Å². The van der Waals surface area contributed by atoms with E-state index in [1.54, 1.807) is 60.6 Å². The molecule has 0 spiro atoms. The number of hydrogen-bond acceptors (Lipinski definition) is 13. The Morgan fingerprint density at radius 1 is 0.460 bits per heavy atom. The van der Waals surface area contributed by atoms with Gasteiger partial charge in [-0.05, 0) is 101 Å². The lowest BCUT2D eigenvalue weighted by Gasteiger charge is -2.41. The first kappa shape index (κ1) is 78.8. The molecular formula is C63H113N11O13. The average molecular weight is 1230 g/mol. The second-order valence-electron chi connectivity index (χ2n) is 26.6. The van der Waals surface area contributed by atoms with E-state index < -0.39 is 162 Å². The lowest BCUT2D eigenvalue weighted by molar-refractivity contribution is -0.157. The Hall–Kier alpha value is -6.17. The molecule has 0 radical (unpaired) electrons. The molecule has 1 rings (SSSR count). The van der Waals surface area contributed by atoms with Gasteiger partial charge in [0.15, 0.2) is 0 Å². The van der Waals surface area contributed by atoms with Crippen molar-refractivity contribution in [3.05, 3.63) is 12.2 Å². The van der Waals surface area contributed by atoms with Crippen molar-refractivity contribution in [1.82, 2.24) is 55.6 Å². The molecule has 1 fully saturated rings. The molecule has 1 aliphatic rings. The van der Waals surface area contributed by atoms with Crippen LogP contribution in [0.2, 0.25) is 0 Å². The lowest BCUT2D eigenvalue weighted by Crippen LogP contribution is -2.64. The second kappa shape index (κ2) is 35.7. The molecule has 0 aliphatic carbocycles. The minimum absolute atomic E-state index is 0.0111. The van der Waals surface area contributed by atoms with Crippen molar-refractivity contribution in [2.75, 3.05) is 55.9 Å². The molecule has 0 aromatic carbocycles. The molecule has 1 heterocycles. The van der Waals surface area contributed by atoms with Crippen LogP contribution in [0, 0.1) is 41.4 Å². The summed E-state index contributed by atoms with van der Waals surface area (Å²) in [5, 5.41) is 34.0. The Morgan fingerprint density at radius 2 is 0.862 bits per heavy atom. The highest BCUT2D eigenvalue weighted by atomic mass is 16.3. The third kappa shape index (κ3) is 22.1. The van der Waals surface area contributed by atoms with Crippen LogP contribution in [0.25, 0.3) is 0 Å². The molecule has 0 aromatic heterocycles. The van der Waals surface area contributed by atoms with Crippen molar-refractivity contribution in [2.24, 2.45) is 41.4 Å². The quantitative estimate of drug-likeness (QED) is 0.121. The molecule has 1 aliphatic heterocycles. The molecule has 0 aromatic rings. The van der Waals surface area contributed by atoms with Gasteiger partial charge in [0.25, 0.3) is 0 Å². The van der Waals surface area contributed by atoms with Crippen LogP contribution in [0.4, 0.5) is 0 Å². The highest BCUT2D eigenvalue weighted by molar-refractivity contribution is 5.99. The van der Waals surface area contributed by atoms with Crippen molar-refractivity contribution < 1.29 is 63.0 Å². The summed E-state index contributed by atoms with van der Waals surface area (Å²) >= 11 is 0. The van der Waals surface area contributed by atoms with Crippen molar-refractivity contribution >= 4 is 65.0 Å². The fourth-order valence-electron chi connectivity index (χ4n) is 10.9. The number of nitrogens with zero attached hydrogens (tertiary/aromatic N) is 7. The highest BCUT2D eigenvalue weighted by Crippen LogP contribution is 2.26. The third-order valence-corrected chi connectivity index (χ3v) is 16.4. The van der Waals surface area contributed by atoms with Gasteiger partial charge in [0.2, 0.25) is 65.0 Å². The van der Waals surface area contributed by atoms with Crippen molar-refractivity contribution in [3.8, 4) is 0 Å². The Morgan fingerprint density at radius 3 is 1.30 bits per heavy atom. The minimum atomic E-state index is -1.65. The molecule has 13 unspecified atom stereocenters. The van der Waals surface area contributed by atoms with Gasteiger partial charge in [0.05, 0.1) is 18.8 Å². The highest BCUT2D eigenvalue weighted by Gasteiger charge is 2.46. The molecule has 24 heteroatoms. The average Bonchev–Trinajstić information content (AvgIpc) is 1.14. The fraction of sp³-hybridized carbons (Fsp3) is 0.794. The zero-order valence-corrected chi connectivity index (χ0v) is 57.1. The number of carbonyl (C=O) groups excluding carboxylic acids is 11. The lowest BCUT2D eigenvalue weighted by atomic mass is 9.91. The summed E-state index contributed by atoms with van der Waals surface area (Å²) in [6.45, 7) is 28.8. The number of aliphatic hydroxyl groups is 2. The van der Waals surface area contributed by atoms with Crippen LogP contribution in [-0.2, 0) is 52.7 Å². The molecule has 0 bridgehead atoms. The topological polar surface area (TPSA) is 299 Å². The largest absolute Gasteiger partial charge is 0.391 e. The van der Waals surface area contributed by atoms with E-state index in [1.165, 1.54) is 82.8 Å². The summed E-state index contributed by atoms with van der Waals surface area (Å²) in [6, 6.07) is -13.2.